The van der Waals surface area contributed by atoms with Crippen molar-refractivity contribution in [2.75, 3.05) is 6.54 Å². The highest BCUT2D eigenvalue weighted by atomic mass is 15.3. The van der Waals surface area contributed by atoms with Crippen molar-refractivity contribution < 1.29 is 0 Å². The van der Waals surface area contributed by atoms with Crippen molar-refractivity contribution in [2.24, 2.45) is 17.8 Å². The first kappa shape index (κ1) is 15.1. The Hall–Kier alpha value is -0.830. The first-order valence-corrected chi connectivity index (χ1v) is 9.05. The van der Waals surface area contributed by atoms with Crippen molar-refractivity contribution in [3.05, 3.63) is 18.0 Å². The molecule has 1 N–H and O–H groups in total. The summed E-state index contributed by atoms with van der Waals surface area (Å²) in [4.78, 5) is 0. The quantitative estimate of drug-likeness (QED) is 0.788. The van der Waals surface area contributed by atoms with Crippen molar-refractivity contribution in [1.82, 2.24) is 15.1 Å². The average Bonchev–Trinajstić information content (AvgIpc) is 2.86. The maximum atomic E-state index is 4.86. The van der Waals surface area contributed by atoms with Gasteiger partial charge >= 0.3 is 0 Å². The fourth-order valence-electron chi connectivity index (χ4n) is 4.66. The second-order valence-corrected chi connectivity index (χ2v) is 6.96. The zero-order chi connectivity index (χ0) is 14.8. The van der Waals surface area contributed by atoms with Crippen LogP contribution in [0, 0.1) is 17.8 Å². The van der Waals surface area contributed by atoms with Gasteiger partial charge in [0.25, 0.3) is 0 Å². The molecule has 0 aliphatic heterocycles. The SMILES string of the molecule is CCNC(Cc1ccn(C(CC)CC)n1)C1C2CCCC21. The summed E-state index contributed by atoms with van der Waals surface area (Å²) in [7, 11) is 0. The molecule has 2 fully saturated rings. The van der Waals surface area contributed by atoms with Gasteiger partial charge in [0.1, 0.15) is 0 Å². The van der Waals surface area contributed by atoms with Crippen LogP contribution in [0.1, 0.15) is 64.6 Å². The minimum absolute atomic E-state index is 0.566. The molecule has 0 radical (unpaired) electrons. The summed E-state index contributed by atoms with van der Waals surface area (Å²) in [6.45, 7) is 7.81. The number of hydrogen-bond donors (Lipinski definition) is 1. The summed E-state index contributed by atoms with van der Waals surface area (Å²) in [6.07, 6.45) is 10.0. The van der Waals surface area contributed by atoms with E-state index in [1.165, 1.54) is 37.8 Å². The lowest BCUT2D eigenvalue weighted by atomic mass is 10.00. The Labute approximate surface area is 129 Å². The molecule has 3 atom stereocenters. The second kappa shape index (κ2) is 6.51. The van der Waals surface area contributed by atoms with E-state index in [1.54, 1.807) is 0 Å². The first-order valence-electron chi connectivity index (χ1n) is 9.05. The standard InChI is InChI=1S/C18H31N3/c1-4-14(5-2)21-11-10-13(20-21)12-17(19-6-3)18-15-8-7-9-16(15)18/h10-11,14-19H,4-9,12H2,1-3H3. The fourth-order valence-corrected chi connectivity index (χ4v) is 4.66. The molecule has 1 aromatic rings. The molecule has 0 saturated heterocycles. The molecule has 1 aromatic heterocycles. The number of nitrogens with zero attached hydrogens (tertiary/aromatic N) is 2. The average molecular weight is 289 g/mol. The molecule has 2 aliphatic carbocycles. The van der Waals surface area contributed by atoms with Crippen molar-refractivity contribution in [2.45, 2.75) is 71.4 Å². The van der Waals surface area contributed by atoms with Gasteiger partial charge in [-0.2, -0.15) is 5.10 Å². The second-order valence-electron chi connectivity index (χ2n) is 6.96. The molecule has 118 valence electrons. The lowest BCUT2D eigenvalue weighted by Gasteiger charge is -2.19. The third kappa shape index (κ3) is 3.03. The fraction of sp³-hybridized carbons (Fsp3) is 0.833. The maximum absolute atomic E-state index is 4.86. The van der Waals surface area contributed by atoms with Crippen LogP contribution in [0.5, 0.6) is 0 Å². The van der Waals surface area contributed by atoms with Crippen molar-refractivity contribution in [3.8, 4) is 0 Å². The van der Waals surface area contributed by atoms with Gasteiger partial charge in [-0.05, 0) is 56.0 Å². The van der Waals surface area contributed by atoms with Crippen LogP contribution in [-0.4, -0.2) is 22.4 Å². The van der Waals surface area contributed by atoms with Crippen LogP contribution in [-0.2, 0) is 6.42 Å². The monoisotopic (exact) mass is 289 g/mol. The van der Waals surface area contributed by atoms with Crippen LogP contribution in [0.15, 0.2) is 12.3 Å². The Morgan fingerprint density at radius 2 is 1.95 bits per heavy atom. The molecule has 0 spiro atoms. The number of rotatable bonds is 8. The number of nitrogens with one attached hydrogen (secondary N) is 1. The Morgan fingerprint density at radius 3 is 2.57 bits per heavy atom. The van der Waals surface area contributed by atoms with E-state index in [0.717, 1.165) is 30.7 Å². The summed E-state index contributed by atoms with van der Waals surface area (Å²) in [5, 5.41) is 8.59. The Morgan fingerprint density at radius 1 is 1.24 bits per heavy atom. The van der Waals surface area contributed by atoms with E-state index in [2.05, 4.69) is 43.0 Å². The van der Waals surface area contributed by atoms with Gasteiger partial charge in [0.15, 0.2) is 0 Å². The van der Waals surface area contributed by atoms with Crippen LogP contribution in [0.3, 0.4) is 0 Å². The number of hydrogen-bond acceptors (Lipinski definition) is 2. The molecular formula is C18H31N3. The van der Waals surface area contributed by atoms with Crippen LogP contribution in [0.4, 0.5) is 0 Å². The largest absolute Gasteiger partial charge is 0.314 e. The minimum Gasteiger partial charge on any atom is -0.314 e. The van der Waals surface area contributed by atoms with E-state index >= 15 is 0 Å². The molecule has 2 saturated carbocycles. The number of fused-ring (bicyclic) bond motifs is 1. The van der Waals surface area contributed by atoms with Gasteiger partial charge in [0.05, 0.1) is 11.7 Å². The van der Waals surface area contributed by atoms with Crippen LogP contribution < -0.4 is 5.32 Å². The normalized spacial score (nSPS) is 28.9. The van der Waals surface area contributed by atoms with Crippen molar-refractivity contribution in [1.29, 1.82) is 0 Å². The van der Waals surface area contributed by atoms with Crippen LogP contribution >= 0.6 is 0 Å². The molecule has 21 heavy (non-hydrogen) atoms. The van der Waals surface area contributed by atoms with Gasteiger partial charge in [-0.3, -0.25) is 4.68 Å². The molecule has 2 aliphatic rings. The van der Waals surface area contributed by atoms with Crippen molar-refractivity contribution in [3.63, 3.8) is 0 Å². The van der Waals surface area contributed by atoms with Crippen LogP contribution in [0.2, 0.25) is 0 Å². The molecule has 0 amide bonds. The van der Waals surface area contributed by atoms with Gasteiger partial charge in [-0.15, -0.1) is 0 Å². The summed E-state index contributed by atoms with van der Waals surface area (Å²) in [5.74, 6) is 2.97. The van der Waals surface area contributed by atoms with E-state index in [9.17, 15) is 0 Å². The van der Waals surface area contributed by atoms with E-state index in [4.69, 9.17) is 5.10 Å². The van der Waals surface area contributed by atoms with Gasteiger partial charge in [0.2, 0.25) is 0 Å². The van der Waals surface area contributed by atoms with Crippen LogP contribution in [0.25, 0.3) is 0 Å². The highest BCUT2D eigenvalue weighted by Crippen LogP contribution is 2.59. The molecule has 0 aromatic carbocycles. The predicted octanol–water partition coefficient (Wildman–Crippen LogP) is 3.81. The van der Waals surface area contributed by atoms with E-state index in [-0.39, 0.29) is 0 Å². The predicted molar refractivity (Wildman–Crippen MR) is 87.3 cm³/mol. The summed E-state index contributed by atoms with van der Waals surface area (Å²) >= 11 is 0. The smallest absolute Gasteiger partial charge is 0.0640 e. The van der Waals surface area contributed by atoms with E-state index < -0.39 is 0 Å². The Balaban J connectivity index is 1.63. The Kier molecular flexibility index (Phi) is 4.68. The minimum atomic E-state index is 0.566. The number of aromatic nitrogens is 2. The number of likely N-dealkylation sites (N-methyl/N-ethyl adjacent to an activating group) is 1. The highest BCUT2D eigenvalue weighted by Gasteiger charge is 2.55. The first-order chi connectivity index (χ1) is 10.3. The summed E-state index contributed by atoms with van der Waals surface area (Å²) in [5.41, 5.74) is 1.28. The topological polar surface area (TPSA) is 29.9 Å². The highest BCUT2D eigenvalue weighted by molar-refractivity contribution is 5.11. The zero-order valence-corrected chi connectivity index (χ0v) is 13.9. The van der Waals surface area contributed by atoms with Gasteiger partial charge < -0.3 is 5.32 Å². The van der Waals surface area contributed by atoms with Crippen molar-refractivity contribution >= 4 is 0 Å². The zero-order valence-electron chi connectivity index (χ0n) is 13.9. The maximum Gasteiger partial charge on any atom is 0.0640 e. The van der Waals surface area contributed by atoms with E-state index in [1.807, 2.05) is 0 Å². The molecule has 3 rings (SSSR count). The van der Waals surface area contributed by atoms with Gasteiger partial charge in [0, 0.05) is 18.7 Å². The van der Waals surface area contributed by atoms with E-state index in [0.29, 0.717) is 12.1 Å². The van der Waals surface area contributed by atoms with Gasteiger partial charge in [-0.25, -0.2) is 0 Å². The lowest BCUT2D eigenvalue weighted by molar-refractivity contribution is 0.397. The Bertz CT molecular complexity index is 439. The molecular weight excluding hydrogens is 258 g/mol. The third-order valence-electron chi connectivity index (χ3n) is 5.81. The molecule has 0 bridgehead atoms. The molecule has 3 nitrogen and oxygen atoms in total. The third-order valence-corrected chi connectivity index (χ3v) is 5.81. The summed E-state index contributed by atoms with van der Waals surface area (Å²) in [6, 6.07) is 3.45. The molecule has 3 unspecified atom stereocenters. The van der Waals surface area contributed by atoms with Gasteiger partial charge in [-0.1, -0.05) is 27.2 Å². The molecule has 3 heteroatoms. The molecule has 1 heterocycles. The summed E-state index contributed by atoms with van der Waals surface area (Å²) < 4.78 is 2.19. The lowest BCUT2D eigenvalue weighted by Crippen LogP contribution is -2.34.